The average molecular weight is 374 g/mol. The molecule has 0 aliphatic carbocycles. The molecule has 0 rings (SSSR count). The largest absolute Gasteiger partial charge is 0.450 e. The van der Waals surface area contributed by atoms with Crippen molar-refractivity contribution in [2.45, 2.75) is 39.7 Å². The number of nitrogens with one attached hydrogen (secondary N) is 3. The molecule has 0 aromatic rings. The van der Waals surface area contributed by atoms with Crippen LogP contribution in [0.15, 0.2) is 4.99 Å². The molecule has 0 aliphatic rings. The summed E-state index contributed by atoms with van der Waals surface area (Å²) in [5, 5.41) is 9.48. The second kappa shape index (κ2) is 15.7. The van der Waals surface area contributed by atoms with Crippen molar-refractivity contribution < 1.29 is 14.3 Å². The van der Waals surface area contributed by atoms with Crippen molar-refractivity contribution in [1.29, 1.82) is 0 Å². The molecule has 0 aromatic heterocycles. The molecule has 1 amide bonds. The second-order valence-corrected chi connectivity index (χ2v) is 6.72. The van der Waals surface area contributed by atoms with E-state index in [4.69, 9.17) is 9.47 Å². The number of carbonyl (C=O) groups excluding carboxylic acids is 1. The predicted octanol–water partition coefficient (Wildman–Crippen LogP) is 1.28. The summed E-state index contributed by atoms with van der Waals surface area (Å²) in [6.45, 7) is 10.5. The minimum atomic E-state index is -0.374. The van der Waals surface area contributed by atoms with Gasteiger partial charge >= 0.3 is 6.09 Å². The Morgan fingerprint density at radius 3 is 2.54 bits per heavy atom. The summed E-state index contributed by atoms with van der Waals surface area (Å²) in [6, 6.07) is -0.00989. The van der Waals surface area contributed by atoms with Gasteiger partial charge in [-0.05, 0) is 32.7 Å². The summed E-state index contributed by atoms with van der Waals surface area (Å²) in [6.07, 6.45) is 1.52. The minimum absolute atomic E-state index is 0.00989. The number of alkyl carbamates (subject to hydrolysis) is 1. The predicted molar refractivity (Wildman–Crippen MR) is 107 cm³/mol. The molecule has 0 saturated heterocycles. The van der Waals surface area contributed by atoms with Gasteiger partial charge in [0.25, 0.3) is 0 Å². The van der Waals surface area contributed by atoms with E-state index in [9.17, 15) is 4.79 Å². The zero-order valence-electron chi connectivity index (χ0n) is 17.4. The Labute approximate surface area is 159 Å². The molecule has 0 aliphatic heterocycles. The first-order chi connectivity index (χ1) is 12.4. The lowest BCUT2D eigenvalue weighted by Gasteiger charge is -2.22. The SMILES string of the molecule is CCOC(=O)NC(CNC(=NC)NCCN(C)CCCOC)CC(C)C. The average Bonchev–Trinajstić information content (AvgIpc) is 2.57. The monoisotopic (exact) mass is 373 g/mol. The molecule has 0 bridgehead atoms. The maximum atomic E-state index is 11.7. The van der Waals surface area contributed by atoms with Gasteiger partial charge in [-0.25, -0.2) is 4.79 Å². The lowest BCUT2D eigenvalue weighted by molar-refractivity contribution is 0.146. The van der Waals surface area contributed by atoms with Crippen molar-refractivity contribution in [2.75, 3.05) is 60.6 Å². The first-order valence-electron chi connectivity index (χ1n) is 9.48. The van der Waals surface area contributed by atoms with Crippen molar-refractivity contribution in [1.82, 2.24) is 20.9 Å². The summed E-state index contributed by atoms with van der Waals surface area (Å²) in [5.74, 6) is 1.20. The van der Waals surface area contributed by atoms with Crippen molar-refractivity contribution in [3.63, 3.8) is 0 Å². The molecule has 0 spiro atoms. The third-order valence-electron chi connectivity index (χ3n) is 3.77. The number of hydrogen-bond donors (Lipinski definition) is 3. The quantitative estimate of drug-likeness (QED) is 0.256. The molecule has 0 aromatic carbocycles. The molecule has 0 fully saturated rings. The van der Waals surface area contributed by atoms with Gasteiger partial charge < -0.3 is 30.3 Å². The van der Waals surface area contributed by atoms with Crippen LogP contribution in [0.4, 0.5) is 4.79 Å². The van der Waals surface area contributed by atoms with Crippen LogP contribution in [-0.4, -0.2) is 83.6 Å². The van der Waals surface area contributed by atoms with Gasteiger partial charge in [-0.1, -0.05) is 13.8 Å². The van der Waals surface area contributed by atoms with Gasteiger partial charge in [-0.2, -0.15) is 0 Å². The van der Waals surface area contributed by atoms with Crippen LogP contribution in [0.1, 0.15) is 33.6 Å². The van der Waals surface area contributed by atoms with Crippen LogP contribution in [-0.2, 0) is 9.47 Å². The topological polar surface area (TPSA) is 87.2 Å². The van der Waals surface area contributed by atoms with E-state index in [1.807, 2.05) is 0 Å². The highest BCUT2D eigenvalue weighted by Gasteiger charge is 2.15. The number of methoxy groups -OCH3 is 1. The molecule has 8 nitrogen and oxygen atoms in total. The summed E-state index contributed by atoms with van der Waals surface area (Å²) < 4.78 is 10.0. The fraction of sp³-hybridized carbons (Fsp3) is 0.889. The molecule has 154 valence electrons. The lowest BCUT2D eigenvalue weighted by Crippen LogP contribution is -2.48. The van der Waals surface area contributed by atoms with E-state index in [0.717, 1.165) is 45.0 Å². The Kier molecular flexibility index (Phi) is 14.8. The number of hydrogen-bond acceptors (Lipinski definition) is 5. The highest BCUT2D eigenvalue weighted by molar-refractivity contribution is 5.79. The van der Waals surface area contributed by atoms with Crippen LogP contribution in [0.2, 0.25) is 0 Å². The molecule has 26 heavy (non-hydrogen) atoms. The molecule has 3 N–H and O–H groups in total. The normalized spacial score (nSPS) is 13.0. The third kappa shape index (κ3) is 13.7. The maximum absolute atomic E-state index is 11.7. The van der Waals surface area contributed by atoms with E-state index >= 15 is 0 Å². The Hall–Kier alpha value is -1.54. The first kappa shape index (κ1) is 24.5. The van der Waals surface area contributed by atoms with E-state index in [1.165, 1.54) is 0 Å². The highest BCUT2D eigenvalue weighted by Crippen LogP contribution is 2.04. The van der Waals surface area contributed by atoms with Gasteiger partial charge in [0.2, 0.25) is 0 Å². The summed E-state index contributed by atoms with van der Waals surface area (Å²) in [7, 11) is 5.56. The van der Waals surface area contributed by atoms with Crippen LogP contribution in [0, 0.1) is 5.92 Å². The fourth-order valence-electron chi connectivity index (χ4n) is 2.50. The van der Waals surface area contributed by atoms with Crippen LogP contribution in [0.5, 0.6) is 0 Å². The summed E-state index contributed by atoms with van der Waals surface area (Å²) in [4.78, 5) is 18.2. The van der Waals surface area contributed by atoms with Gasteiger partial charge in [-0.15, -0.1) is 0 Å². The lowest BCUT2D eigenvalue weighted by atomic mass is 10.0. The van der Waals surface area contributed by atoms with Gasteiger partial charge in [0.05, 0.1) is 6.61 Å². The molecular weight excluding hydrogens is 334 g/mol. The van der Waals surface area contributed by atoms with Crippen molar-refractivity contribution in [2.24, 2.45) is 10.9 Å². The van der Waals surface area contributed by atoms with Crippen LogP contribution < -0.4 is 16.0 Å². The fourth-order valence-corrected chi connectivity index (χ4v) is 2.50. The molecule has 0 radical (unpaired) electrons. The Morgan fingerprint density at radius 2 is 1.96 bits per heavy atom. The molecular formula is C18H39N5O3. The molecule has 0 saturated carbocycles. The van der Waals surface area contributed by atoms with E-state index in [2.05, 4.69) is 46.7 Å². The Balaban J connectivity index is 4.22. The van der Waals surface area contributed by atoms with Gasteiger partial charge in [-0.3, -0.25) is 4.99 Å². The maximum Gasteiger partial charge on any atom is 0.407 e. The number of likely N-dealkylation sites (N-methyl/N-ethyl adjacent to an activating group) is 1. The molecule has 0 heterocycles. The summed E-state index contributed by atoms with van der Waals surface area (Å²) in [5.41, 5.74) is 0. The molecule has 1 atom stereocenters. The van der Waals surface area contributed by atoms with Crippen molar-refractivity contribution >= 4 is 12.1 Å². The molecule has 1 unspecified atom stereocenters. The van der Waals surface area contributed by atoms with Crippen LogP contribution in [0.25, 0.3) is 0 Å². The van der Waals surface area contributed by atoms with E-state index in [1.54, 1.807) is 21.1 Å². The number of carbonyl (C=O) groups is 1. The number of guanidine groups is 1. The van der Waals surface area contributed by atoms with Crippen LogP contribution in [0.3, 0.4) is 0 Å². The first-order valence-corrected chi connectivity index (χ1v) is 9.48. The van der Waals surface area contributed by atoms with Crippen molar-refractivity contribution in [3.05, 3.63) is 0 Å². The van der Waals surface area contributed by atoms with E-state index in [-0.39, 0.29) is 12.1 Å². The number of aliphatic imine (C=N–C) groups is 1. The molecule has 8 heteroatoms. The third-order valence-corrected chi connectivity index (χ3v) is 3.77. The number of nitrogens with zero attached hydrogens (tertiary/aromatic N) is 2. The van der Waals surface area contributed by atoms with Gasteiger partial charge in [0.1, 0.15) is 0 Å². The van der Waals surface area contributed by atoms with E-state index < -0.39 is 0 Å². The van der Waals surface area contributed by atoms with Gasteiger partial charge in [0.15, 0.2) is 5.96 Å². The Bertz CT molecular complexity index is 391. The zero-order chi connectivity index (χ0) is 19.8. The van der Waals surface area contributed by atoms with Crippen LogP contribution >= 0.6 is 0 Å². The summed E-state index contributed by atoms with van der Waals surface area (Å²) >= 11 is 0. The van der Waals surface area contributed by atoms with Crippen molar-refractivity contribution in [3.8, 4) is 0 Å². The Morgan fingerprint density at radius 1 is 1.23 bits per heavy atom. The zero-order valence-corrected chi connectivity index (χ0v) is 17.4. The minimum Gasteiger partial charge on any atom is -0.450 e. The second-order valence-electron chi connectivity index (χ2n) is 6.72. The van der Waals surface area contributed by atoms with E-state index in [0.29, 0.717) is 19.1 Å². The standard InChI is InChI=1S/C18H39N5O3/c1-7-26-18(24)22-16(13-15(2)3)14-21-17(19-4)20-9-11-23(5)10-8-12-25-6/h15-16H,7-14H2,1-6H3,(H,22,24)(H2,19,20,21). The van der Waals surface area contributed by atoms with Gasteiger partial charge in [0, 0.05) is 53.0 Å². The number of ether oxygens (including phenoxy) is 2. The smallest absolute Gasteiger partial charge is 0.407 e. The number of rotatable bonds is 13. The highest BCUT2D eigenvalue weighted by atomic mass is 16.5. The number of amides is 1.